The third kappa shape index (κ3) is 6.63. The maximum Gasteiger partial charge on any atom is 1.00 e. The Morgan fingerprint density at radius 2 is 2.28 bits per heavy atom. The first kappa shape index (κ1) is 17.8. The summed E-state index contributed by atoms with van der Waals surface area (Å²) in [5.41, 5.74) is 0. The van der Waals surface area contributed by atoms with Gasteiger partial charge in [-0.3, -0.25) is 19.5 Å². The third-order valence-corrected chi connectivity index (χ3v) is 4.05. The second kappa shape index (κ2) is 7.37. The first-order valence-corrected chi connectivity index (χ1v) is 7.56. The first-order chi connectivity index (χ1) is 7.78. The summed E-state index contributed by atoms with van der Waals surface area (Å²) >= 11 is 0.639. The van der Waals surface area contributed by atoms with Crippen LogP contribution in [0.25, 0.3) is 0 Å². The van der Waals surface area contributed by atoms with Crippen LogP contribution >= 0.6 is 22.1 Å². The smallest absolute Gasteiger partial charge is 0.301 e. The van der Waals surface area contributed by atoms with E-state index in [2.05, 4.69) is 10.3 Å². The number of carbonyl (C=O) groups is 1. The molecular weight excluding hydrogens is 317 g/mol. The zero-order chi connectivity index (χ0) is 13.1. The number of amides is 1. The number of aromatic nitrogens is 1. The normalized spacial score (nSPS) is 10.5. The van der Waals surface area contributed by atoms with Gasteiger partial charge in [0, 0.05) is 10.8 Å². The minimum absolute atomic E-state index is 0. The van der Waals surface area contributed by atoms with E-state index in [1.807, 2.05) is 0 Å². The molecule has 1 amide bonds. The van der Waals surface area contributed by atoms with E-state index >= 15 is 0 Å². The maximum absolute atomic E-state index is 11.1. The average Bonchev–Trinajstić information content (AvgIpc) is 2.62. The van der Waals surface area contributed by atoms with Gasteiger partial charge < -0.3 is 5.32 Å². The van der Waals surface area contributed by atoms with Crippen LogP contribution in [0.1, 0.15) is 0 Å². The van der Waals surface area contributed by atoms with Crippen LogP contribution in [-0.2, 0) is 13.9 Å². The van der Waals surface area contributed by atoms with Gasteiger partial charge in [-0.1, -0.05) is 0 Å². The second-order valence-electron chi connectivity index (χ2n) is 2.50. The first-order valence-electron chi connectivity index (χ1n) is 3.80. The molecule has 0 radical (unpaired) electrons. The van der Waals surface area contributed by atoms with Crippen molar-refractivity contribution in [2.45, 2.75) is 0 Å². The molecule has 0 fully saturated rings. The topological polar surface area (TPSA) is 140 Å². The molecule has 1 aromatic rings. The Morgan fingerprint density at radius 1 is 1.67 bits per heavy atom. The van der Waals surface area contributed by atoms with Crippen LogP contribution in [0.15, 0.2) is 6.20 Å². The van der Waals surface area contributed by atoms with Crippen molar-refractivity contribution in [1.82, 2.24) is 4.98 Å². The number of carbonyl (C=O) groups excluding carboxylic acids is 1. The number of nitro groups is 1. The standard InChI is InChI=1S/C5H5N3O6S3.Na/c9-3(2-15-17(12,13)14)7-5-6-1-4(16-5)8(10)11;/h1H,2H2,(H,6,7,9)(H,12,13,14);/q;+1. The zero-order valence-electron chi connectivity index (χ0n) is 8.89. The van der Waals surface area contributed by atoms with Crippen LogP contribution in [0.3, 0.4) is 0 Å². The predicted octanol–water partition coefficient (Wildman–Crippen LogP) is -2.47. The van der Waals surface area contributed by atoms with Crippen molar-refractivity contribution in [1.29, 1.82) is 0 Å². The fourth-order valence-electron chi connectivity index (χ4n) is 0.691. The summed E-state index contributed by atoms with van der Waals surface area (Å²) in [6.07, 6.45) is 0.968. The Kier molecular flexibility index (Phi) is 7.28. The van der Waals surface area contributed by atoms with E-state index in [1.165, 1.54) is 0 Å². The Labute approximate surface area is 131 Å². The van der Waals surface area contributed by atoms with Gasteiger partial charge in [0.15, 0.2) is 5.13 Å². The summed E-state index contributed by atoms with van der Waals surface area (Å²) in [5.74, 6) is -1.27. The Balaban J connectivity index is 0.00000289. The van der Waals surface area contributed by atoms with Crippen LogP contribution < -0.4 is 34.9 Å². The third-order valence-electron chi connectivity index (χ3n) is 1.26. The van der Waals surface area contributed by atoms with Crippen molar-refractivity contribution in [3.8, 4) is 0 Å². The number of rotatable bonds is 5. The summed E-state index contributed by atoms with van der Waals surface area (Å²) in [4.78, 5) is 24.3. The molecule has 0 saturated carbocycles. The Hall–Kier alpha value is -0.240. The van der Waals surface area contributed by atoms with Crippen molar-refractivity contribution in [3.63, 3.8) is 0 Å². The van der Waals surface area contributed by atoms with Crippen molar-refractivity contribution in [3.05, 3.63) is 16.3 Å². The molecule has 0 bridgehead atoms. The number of hydrogen-bond donors (Lipinski definition) is 2. The molecule has 0 saturated heterocycles. The summed E-state index contributed by atoms with van der Waals surface area (Å²) < 4.78 is 29.0. The predicted molar refractivity (Wildman–Crippen MR) is 61.4 cm³/mol. The number of hydrogen-bond acceptors (Lipinski definition) is 8. The zero-order valence-corrected chi connectivity index (χ0v) is 13.3. The van der Waals surface area contributed by atoms with Crippen molar-refractivity contribution in [2.75, 3.05) is 11.1 Å². The molecule has 1 rings (SSSR count). The quantitative estimate of drug-likeness (QED) is 0.200. The summed E-state index contributed by atoms with van der Waals surface area (Å²) in [6, 6.07) is 0. The Bertz CT molecular complexity index is 542. The summed E-state index contributed by atoms with van der Waals surface area (Å²) in [7, 11) is -4.26. The molecule has 0 unspecified atom stereocenters. The van der Waals surface area contributed by atoms with E-state index in [0.717, 1.165) is 6.20 Å². The van der Waals surface area contributed by atoms with Crippen LogP contribution in [0.2, 0.25) is 0 Å². The van der Waals surface area contributed by atoms with Crippen molar-refractivity contribution < 1.29 is 52.2 Å². The van der Waals surface area contributed by atoms with Crippen molar-refractivity contribution in [2.24, 2.45) is 0 Å². The van der Waals surface area contributed by atoms with Gasteiger partial charge in [0.2, 0.25) is 5.91 Å². The van der Waals surface area contributed by atoms with Crippen LogP contribution in [0.4, 0.5) is 10.1 Å². The van der Waals surface area contributed by atoms with E-state index in [0.29, 0.717) is 11.3 Å². The van der Waals surface area contributed by atoms with Gasteiger partial charge in [-0.05, 0) is 11.3 Å². The van der Waals surface area contributed by atoms with Gasteiger partial charge in [0.05, 0.1) is 10.7 Å². The molecule has 0 aliphatic rings. The minimum atomic E-state index is -4.29. The van der Waals surface area contributed by atoms with Gasteiger partial charge >= 0.3 is 43.7 Å². The minimum Gasteiger partial charge on any atom is -0.301 e. The molecule has 9 nitrogen and oxygen atoms in total. The largest absolute Gasteiger partial charge is 1.00 e. The average molecular weight is 322 g/mol. The maximum atomic E-state index is 11.1. The van der Waals surface area contributed by atoms with E-state index in [4.69, 9.17) is 4.55 Å². The van der Waals surface area contributed by atoms with Crippen LogP contribution in [-0.4, -0.2) is 34.5 Å². The molecule has 0 aromatic carbocycles. The number of nitrogens with zero attached hydrogens (tertiary/aromatic N) is 2. The fraction of sp³-hybridized carbons (Fsp3) is 0.200. The van der Waals surface area contributed by atoms with Gasteiger partial charge in [0.1, 0.15) is 6.20 Å². The van der Waals surface area contributed by atoms with E-state index in [-0.39, 0.29) is 50.5 Å². The molecule has 0 aliphatic carbocycles. The summed E-state index contributed by atoms with van der Waals surface area (Å²) in [6.45, 7) is 0. The van der Waals surface area contributed by atoms with Gasteiger partial charge in [-0.15, -0.1) is 0 Å². The van der Waals surface area contributed by atoms with Crippen LogP contribution in [0.5, 0.6) is 0 Å². The summed E-state index contributed by atoms with van der Waals surface area (Å²) in [5, 5.41) is 12.2. The second-order valence-corrected chi connectivity index (χ2v) is 6.86. The van der Waals surface area contributed by atoms with Gasteiger partial charge in [-0.25, -0.2) is 4.98 Å². The van der Waals surface area contributed by atoms with Gasteiger partial charge in [-0.2, -0.15) is 8.42 Å². The number of thiazole rings is 1. The van der Waals surface area contributed by atoms with Crippen molar-refractivity contribution >= 4 is 47.3 Å². The Morgan fingerprint density at radius 3 is 2.72 bits per heavy atom. The van der Waals surface area contributed by atoms with Crippen LogP contribution in [0, 0.1) is 10.1 Å². The fourth-order valence-corrected chi connectivity index (χ4v) is 2.44. The number of anilines is 1. The molecule has 1 aromatic heterocycles. The molecule has 1 heterocycles. The molecular formula is C5H5N3NaO6S3+. The molecule has 13 heteroatoms. The number of nitrogens with one attached hydrogen (secondary N) is 1. The van der Waals surface area contributed by atoms with E-state index in [9.17, 15) is 23.3 Å². The molecule has 0 spiro atoms. The molecule has 0 aliphatic heterocycles. The molecule has 94 valence electrons. The van der Waals surface area contributed by atoms with E-state index in [1.54, 1.807) is 0 Å². The molecule has 18 heavy (non-hydrogen) atoms. The molecule has 2 N–H and O–H groups in total. The monoisotopic (exact) mass is 322 g/mol. The molecule has 0 atom stereocenters. The van der Waals surface area contributed by atoms with Gasteiger partial charge in [0.25, 0.3) is 0 Å². The van der Waals surface area contributed by atoms with E-state index < -0.39 is 25.7 Å². The SMILES string of the molecule is O=C(CSS(=O)(=O)O)Nc1ncc([N+](=O)[O-])s1.[Na+].